The summed E-state index contributed by atoms with van der Waals surface area (Å²) in [7, 11) is 2.14. The number of carbonyl (C=O) groups excluding carboxylic acids is 1. The Hall–Kier alpha value is -3.60. The van der Waals surface area contributed by atoms with Gasteiger partial charge in [-0.2, -0.15) is 0 Å². The molecule has 1 aliphatic rings. The number of ether oxygens (including phenoxy) is 3. The number of nitrogens with one attached hydrogen (secondary N) is 1. The molecule has 2 aromatic heterocycles. The number of fused-ring (bicyclic) bond motifs is 2. The first-order valence-corrected chi connectivity index (χ1v) is 14.6. The van der Waals surface area contributed by atoms with Crippen molar-refractivity contribution >= 4 is 27.5 Å². The molecule has 8 nitrogen and oxygen atoms in total. The molecule has 0 fully saturated rings. The molecule has 1 amide bonds. The molecule has 0 atom stereocenters. The van der Waals surface area contributed by atoms with Gasteiger partial charge in [-0.25, -0.2) is 9.18 Å². The molecule has 1 N–H and O–H groups in total. The van der Waals surface area contributed by atoms with Crippen LogP contribution in [0, 0.1) is 5.82 Å². The fourth-order valence-electron chi connectivity index (χ4n) is 4.89. The molecule has 0 bridgehead atoms. The number of aromatic nitrogens is 2. The minimum Gasteiger partial charge on any atom is -0.490 e. The summed E-state index contributed by atoms with van der Waals surface area (Å²) in [6.45, 7) is 8.40. The molecule has 2 aromatic carbocycles. The lowest BCUT2D eigenvalue weighted by atomic mass is 9.92. The van der Waals surface area contributed by atoms with Crippen LogP contribution >= 0.6 is 11.3 Å². The third-order valence-electron chi connectivity index (χ3n) is 6.70. The molecule has 1 aliphatic heterocycles. The van der Waals surface area contributed by atoms with Crippen molar-refractivity contribution in [3.05, 3.63) is 64.8 Å². The van der Waals surface area contributed by atoms with Crippen LogP contribution in [0.3, 0.4) is 0 Å². The van der Waals surface area contributed by atoms with Crippen molar-refractivity contribution in [3.8, 4) is 28.3 Å². The molecule has 3 heterocycles. The van der Waals surface area contributed by atoms with Crippen molar-refractivity contribution in [2.75, 3.05) is 40.0 Å². The number of benzene rings is 2. The molecular weight excluding hydrogens is 543 g/mol. The van der Waals surface area contributed by atoms with Gasteiger partial charge < -0.3 is 24.4 Å². The summed E-state index contributed by atoms with van der Waals surface area (Å²) in [5.41, 5.74) is 5.40. The van der Waals surface area contributed by atoms with Gasteiger partial charge in [0.05, 0.1) is 17.9 Å². The molecule has 41 heavy (non-hydrogen) atoms. The molecule has 216 valence electrons. The number of carbonyl (C=O) groups is 1. The molecule has 5 rings (SSSR count). The van der Waals surface area contributed by atoms with E-state index < -0.39 is 17.5 Å². The first-order valence-electron chi connectivity index (χ1n) is 13.7. The highest BCUT2D eigenvalue weighted by Crippen LogP contribution is 2.40. The number of likely N-dealkylation sites (N-methyl/N-ethyl adjacent to an activating group) is 1. The second kappa shape index (κ2) is 12.5. The molecule has 0 aliphatic carbocycles. The van der Waals surface area contributed by atoms with Crippen LogP contribution in [-0.4, -0.2) is 66.7 Å². The van der Waals surface area contributed by atoms with Crippen molar-refractivity contribution in [1.29, 1.82) is 0 Å². The zero-order chi connectivity index (χ0) is 29.0. The number of thiophene rings is 1. The van der Waals surface area contributed by atoms with Gasteiger partial charge in [0.25, 0.3) is 0 Å². The maximum Gasteiger partial charge on any atom is 0.407 e. The molecule has 0 unspecified atom stereocenters. The third kappa shape index (κ3) is 7.01. The summed E-state index contributed by atoms with van der Waals surface area (Å²) >= 11 is 1.58. The topological polar surface area (TPSA) is 85.8 Å². The van der Waals surface area contributed by atoms with Gasteiger partial charge in [0, 0.05) is 42.2 Å². The number of amides is 1. The number of hydrogen-bond donors (Lipinski definition) is 1. The predicted molar refractivity (Wildman–Crippen MR) is 159 cm³/mol. The van der Waals surface area contributed by atoms with Crippen LogP contribution in [0.1, 0.15) is 31.9 Å². The van der Waals surface area contributed by atoms with Crippen LogP contribution in [0.15, 0.2) is 47.8 Å². The van der Waals surface area contributed by atoms with E-state index in [4.69, 9.17) is 19.3 Å². The Balaban J connectivity index is 1.29. The standard InChI is InChI=1S/C31H35FN4O4S/c1-31(2,3)40-30(37)33-12-14-38-15-16-39-26-18-21(32)8-9-24(26)28-29-25(11-17-41-29)27(34-35-28)23-7-5-6-20-19-36(4)13-10-22(20)23/h5-9,11,17-18H,10,12-16,19H2,1-4H3,(H,33,37). The summed E-state index contributed by atoms with van der Waals surface area (Å²) in [5.74, 6) is -0.0310. The van der Waals surface area contributed by atoms with Crippen LogP contribution in [0.2, 0.25) is 0 Å². The third-order valence-corrected chi connectivity index (χ3v) is 7.62. The Kier molecular flexibility index (Phi) is 8.82. The number of halogens is 1. The zero-order valence-electron chi connectivity index (χ0n) is 23.8. The van der Waals surface area contributed by atoms with Crippen molar-refractivity contribution in [2.24, 2.45) is 0 Å². The summed E-state index contributed by atoms with van der Waals surface area (Å²) in [5, 5.41) is 15.1. The predicted octanol–water partition coefficient (Wildman–Crippen LogP) is 6.07. The van der Waals surface area contributed by atoms with Crippen molar-refractivity contribution < 1.29 is 23.4 Å². The van der Waals surface area contributed by atoms with Gasteiger partial charge in [-0.3, -0.25) is 0 Å². The first kappa shape index (κ1) is 28.9. The summed E-state index contributed by atoms with van der Waals surface area (Å²) in [4.78, 5) is 14.0. The van der Waals surface area contributed by atoms with Crippen molar-refractivity contribution in [1.82, 2.24) is 20.4 Å². The van der Waals surface area contributed by atoms with Crippen LogP contribution in [0.4, 0.5) is 9.18 Å². The van der Waals surface area contributed by atoms with Crippen molar-refractivity contribution in [3.63, 3.8) is 0 Å². The lowest BCUT2D eigenvalue weighted by Gasteiger charge is -2.26. The van der Waals surface area contributed by atoms with Gasteiger partial charge >= 0.3 is 6.09 Å². The van der Waals surface area contributed by atoms with Gasteiger partial charge in [-0.05, 0) is 68.9 Å². The molecule has 0 saturated heterocycles. The highest BCUT2D eigenvalue weighted by molar-refractivity contribution is 7.17. The second-order valence-electron chi connectivity index (χ2n) is 11.0. The summed E-state index contributed by atoms with van der Waals surface area (Å²) < 4.78 is 31.9. The average molecular weight is 579 g/mol. The minimum atomic E-state index is -0.556. The van der Waals surface area contributed by atoms with Gasteiger partial charge in [0.1, 0.15) is 35.2 Å². The lowest BCUT2D eigenvalue weighted by molar-refractivity contribution is 0.0489. The Morgan fingerprint density at radius 1 is 1.07 bits per heavy atom. The molecule has 0 spiro atoms. The van der Waals surface area contributed by atoms with Crippen LogP contribution in [0.25, 0.3) is 32.6 Å². The highest BCUT2D eigenvalue weighted by atomic mass is 32.1. The molecule has 0 radical (unpaired) electrons. The van der Waals surface area contributed by atoms with Gasteiger partial charge in [-0.15, -0.1) is 21.5 Å². The zero-order valence-corrected chi connectivity index (χ0v) is 24.6. The fourth-order valence-corrected chi connectivity index (χ4v) is 5.78. The van der Waals surface area contributed by atoms with Crippen LogP contribution in [-0.2, 0) is 22.4 Å². The number of nitrogens with zero attached hydrogens (tertiary/aromatic N) is 3. The smallest absolute Gasteiger partial charge is 0.407 e. The maximum absolute atomic E-state index is 14.3. The van der Waals surface area contributed by atoms with E-state index in [1.165, 1.54) is 23.3 Å². The van der Waals surface area contributed by atoms with Gasteiger partial charge in [0.15, 0.2) is 0 Å². The van der Waals surface area contributed by atoms with E-state index >= 15 is 0 Å². The molecule has 0 saturated carbocycles. The van der Waals surface area contributed by atoms with Gasteiger partial charge in [0.2, 0.25) is 0 Å². The minimum absolute atomic E-state index is 0.201. The number of hydrogen-bond acceptors (Lipinski definition) is 8. The second-order valence-corrected chi connectivity index (χ2v) is 11.9. The number of alkyl carbamates (subject to hydrolysis) is 1. The van der Waals surface area contributed by atoms with Crippen LogP contribution < -0.4 is 10.1 Å². The van der Waals surface area contributed by atoms with E-state index in [1.54, 1.807) is 38.2 Å². The fraction of sp³-hybridized carbons (Fsp3) is 0.387. The number of rotatable bonds is 9. The van der Waals surface area contributed by atoms with Gasteiger partial charge in [-0.1, -0.05) is 18.2 Å². The SMILES string of the molecule is CN1CCc2c(cccc2-c2nnc(-c3ccc(F)cc3OCCOCCNC(=O)OC(C)(C)C)c3sccc23)C1. The molecule has 10 heteroatoms. The van der Waals surface area contributed by atoms with E-state index in [9.17, 15) is 9.18 Å². The average Bonchev–Trinajstić information content (AvgIpc) is 3.41. The van der Waals surface area contributed by atoms with E-state index in [2.05, 4.69) is 46.6 Å². The van der Waals surface area contributed by atoms with E-state index in [0.29, 0.717) is 30.2 Å². The normalized spacial score (nSPS) is 13.7. The summed E-state index contributed by atoms with van der Waals surface area (Å²) in [6.07, 6.45) is 0.472. The van der Waals surface area contributed by atoms with E-state index in [1.807, 2.05) is 5.38 Å². The quantitative estimate of drug-likeness (QED) is 0.241. The van der Waals surface area contributed by atoms with Crippen molar-refractivity contribution in [2.45, 2.75) is 39.3 Å². The Labute approximate surface area is 243 Å². The first-order chi connectivity index (χ1) is 19.7. The summed E-state index contributed by atoms with van der Waals surface area (Å²) in [6, 6.07) is 12.9. The Bertz CT molecular complexity index is 1530. The van der Waals surface area contributed by atoms with Crippen LogP contribution in [0.5, 0.6) is 5.75 Å². The molecule has 4 aromatic rings. The maximum atomic E-state index is 14.3. The molecular formula is C31H35FN4O4S. The highest BCUT2D eigenvalue weighted by Gasteiger charge is 2.22. The van der Waals surface area contributed by atoms with E-state index in [0.717, 1.165) is 40.9 Å². The lowest BCUT2D eigenvalue weighted by Crippen LogP contribution is -2.34. The Morgan fingerprint density at radius 2 is 1.90 bits per heavy atom. The Morgan fingerprint density at radius 3 is 2.73 bits per heavy atom. The largest absolute Gasteiger partial charge is 0.490 e. The van der Waals surface area contributed by atoms with E-state index in [-0.39, 0.29) is 13.2 Å². The monoisotopic (exact) mass is 578 g/mol.